The van der Waals surface area contributed by atoms with Crippen LogP contribution in [0.1, 0.15) is 61.3 Å². The molecule has 0 aromatic carbocycles. The van der Waals surface area contributed by atoms with E-state index in [0.717, 1.165) is 12.8 Å². The maximum absolute atomic E-state index is 12.2. The van der Waals surface area contributed by atoms with Gasteiger partial charge in [-0.05, 0) is 26.7 Å². The van der Waals surface area contributed by atoms with Gasteiger partial charge in [0.15, 0.2) is 0 Å². The SMILES string of the molecule is C=C(C)C(=O)O[Si](OC(=O)C(=C)C)(C(C)CC)C(C)(C)CC. The first-order valence-electron chi connectivity index (χ1n) is 7.72. The van der Waals surface area contributed by atoms with Crippen molar-refractivity contribution in [3.63, 3.8) is 0 Å². The molecule has 5 heteroatoms. The Morgan fingerprint density at radius 3 is 1.64 bits per heavy atom. The van der Waals surface area contributed by atoms with Crippen molar-refractivity contribution in [1.29, 1.82) is 0 Å². The summed E-state index contributed by atoms with van der Waals surface area (Å²) in [4.78, 5) is 24.4. The molecule has 0 fully saturated rings. The van der Waals surface area contributed by atoms with Gasteiger partial charge in [-0.15, -0.1) is 0 Å². The maximum Gasteiger partial charge on any atom is 0.473 e. The standard InChI is InChI=1S/C17H30O4Si/c1-10-14(7)22(17(8,9)11-2,20-15(18)12(3)4)21-16(19)13(5)6/h14H,3,5,10-11H2,1-2,4,6-9H3. The van der Waals surface area contributed by atoms with Gasteiger partial charge in [-0.2, -0.15) is 0 Å². The molecule has 4 nitrogen and oxygen atoms in total. The van der Waals surface area contributed by atoms with Crippen molar-refractivity contribution in [2.75, 3.05) is 0 Å². The summed E-state index contributed by atoms with van der Waals surface area (Å²) in [5.74, 6) is -0.994. The molecule has 0 radical (unpaired) electrons. The van der Waals surface area contributed by atoms with E-state index in [1.54, 1.807) is 13.8 Å². The molecule has 0 spiro atoms. The van der Waals surface area contributed by atoms with Crippen LogP contribution in [-0.4, -0.2) is 20.5 Å². The minimum absolute atomic E-state index is 0.0333. The maximum atomic E-state index is 12.2. The Kier molecular flexibility index (Phi) is 7.28. The lowest BCUT2D eigenvalue weighted by Crippen LogP contribution is -2.57. The zero-order chi connectivity index (χ0) is 17.7. The molecule has 0 aromatic heterocycles. The number of rotatable bonds is 8. The van der Waals surface area contributed by atoms with Gasteiger partial charge in [-0.3, -0.25) is 0 Å². The van der Waals surface area contributed by atoms with Crippen LogP contribution in [0.2, 0.25) is 10.6 Å². The molecule has 0 N–H and O–H groups in total. The summed E-state index contributed by atoms with van der Waals surface area (Å²) in [6.45, 7) is 20.4. The van der Waals surface area contributed by atoms with Crippen LogP contribution in [0.15, 0.2) is 24.3 Å². The third kappa shape index (κ3) is 4.32. The van der Waals surface area contributed by atoms with Crippen LogP contribution in [0.3, 0.4) is 0 Å². The largest absolute Gasteiger partial charge is 0.481 e. The zero-order valence-electron chi connectivity index (χ0n) is 15.0. The van der Waals surface area contributed by atoms with Gasteiger partial charge in [0, 0.05) is 21.7 Å². The highest BCUT2D eigenvalue weighted by Gasteiger charge is 2.60. The lowest BCUT2D eigenvalue weighted by molar-refractivity contribution is -0.138. The minimum Gasteiger partial charge on any atom is -0.481 e. The third-order valence-electron chi connectivity index (χ3n) is 4.27. The molecule has 0 bridgehead atoms. The molecule has 126 valence electrons. The quantitative estimate of drug-likeness (QED) is 0.481. The van der Waals surface area contributed by atoms with Crippen molar-refractivity contribution in [2.45, 2.75) is 71.9 Å². The second-order valence-electron chi connectivity index (χ2n) is 6.55. The normalized spacial score (nSPS) is 13.2. The highest BCUT2D eigenvalue weighted by molar-refractivity contribution is 6.75. The van der Waals surface area contributed by atoms with Crippen molar-refractivity contribution in [2.24, 2.45) is 0 Å². The first-order valence-corrected chi connectivity index (χ1v) is 9.62. The van der Waals surface area contributed by atoms with Crippen molar-refractivity contribution in [1.82, 2.24) is 0 Å². The zero-order valence-corrected chi connectivity index (χ0v) is 16.0. The number of hydrogen-bond acceptors (Lipinski definition) is 4. The van der Waals surface area contributed by atoms with Crippen molar-refractivity contribution >= 4 is 20.5 Å². The molecule has 0 aliphatic carbocycles. The van der Waals surface area contributed by atoms with Gasteiger partial charge in [0.2, 0.25) is 0 Å². The molecule has 22 heavy (non-hydrogen) atoms. The fourth-order valence-corrected chi connectivity index (χ4v) is 6.39. The number of hydrogen-bond donors (Lipinski definition) is 0. The highest BCUT2D eigenvalue weighted by Crippen LogP contribution is 2.49. The van der Waals surface area contributed by atoms with Crippen LogP contribution in [0.4, 0.5) is 0 Å². The van der Waals surface area contributed by atoms with Gasteiger partial charge in [-0.1, -0.05) is 47.8 Å². The van der Waals surface area contributed by atoms with E-state index in [1.807, 2.05) is 34.6 Å². The first-order chi connectivity index (χ1) is 9.95. The Morgan fingerprint density at radius 1 is 1.05 bits per heavy atom. The minimum atomic E-state index is -3.20. The molecule has 0 saturated heterocycles. The topological polar surface area (TPSA) is 52.6 Å². The summed E-state index contributed by atoms with van der Waals surface area (Å²) >= 11 is 0. The van der Waals surface area contributed by atoms with Gasteiger partial charge in [0.05, 0.1) is 0 Å². The van der Waals surface area contributed by atoms with Crippen LogP contribution in [0, 0.1) is 0 Å². The highest BCUT2D eigenvalue weighted by atomic mass is 28.4. The van der Waals surface area contributed by atoms with E-state index in [-0.39, 0.29) is 5.54 Å². The Hall–Kier alpha value is -1.36. The molecular formula is C17H30O4Si. The van der Waals surface area contributed by atoms with Crippen LogP contribution in [0.25, 0.3) is 0 Å². The summed E-state index contributed by atoms with van der Waals surface area (Å²) in [6.07, 6.45) is 1.49. The van der Waals surface area contributed by atoms with Gasteiger partial charge >= 0.3 is 20.5 Å². The molecule has 0 amide bonds. The Labute approximate surface area is 135 Å². The van der Waals surface area contributed by atoms with Crippen LogP contribution >= 0.6 is 0 Å². The molecule has 0 saturated carbocycles. The molecule has 1 unspecified atom stereocenters. The molecule has 0 aromatic rings. The lowest BCUT2D eigenvalue weighted by atomic mass is 10.1. The van der Waals surface area contributed by atoms with Gasteiger partial charge in [-0.25, -0.2) is 9.59 Å². The van der Waals surface area contributed by atoms with E-state index in [1.165, 1.54) is 0 Å². The van der Waals surface area contributed by atoms with Gasteiger partial charge < -0.3 is 8.85 Å². The van der Waals surface area contributed by atoms with E-state index in [9.17, 15) is 9.59 Å². The monoisotopic (exact) mass is 326 g/mol. The van der Waals surface area contributed by atoms with Crippen molar-refractivity contribution in [3.8, 4) is 0 Å². The predicted molar refractivity (Wildman–Crippen MR) is 91.6 cm³/mol. The average Bonchev–Trinajstić information content (AvgIpc) is 2.44. The van der Waals surface area contributed by atoms with E-state index >= 15 is 0 Å². The summed E-state index contributed by atoms with van der Waals surface area (Å²) in [7, 11) is -3.20. The third-order valence-corrected chi connectivity index (χ3v) is 9.20. The van der Waals surface area contributed by atoms with Crippen LogP contribution in [-0.2, 0) is 18.4 Å². The second kappa shape index (κ2) is 7.77. The summed E-state index contributed by atoms with van der Waals surface area (Å²) in [5.41, 5.74) is 0.575. The van der Waals surface area contributed by atoms with E-state index < -0.39 is 25.5 Å². The van der Waals surface area contributed by atoms with Crippen molar-refractivity contribution in [3.05, 3.63) is 24.3 Å². The molecule has 0 aliphatic rings. The number of carbonyl (C=O) groups excluding carboxylic acids is 2. The first kappa shape index (κ1) is 20.6. The average molecular weight is 327 g/mol. The lowest BCUT2D eigenvalue weighted by Gasteiger charge is -2.44. The van der Waals surface area contributed by atoms with Gasteiger partial charge in [0.1, 0.15) is 0 Å². The Bertz CT molecular complexity index is 437. The van der Waals surface area contributed by atoms with E-state index in [0.29, 0.717) is 11.1 Å². The van der Waals surface area contributed by atoms with E-state index in [2.05, 4.69) is 13.2 Å². The van der Waals surface area contributed by atoms with Crippen LogP contribution in [0.5, 0.6) is 0 Å². The summed E-state index contributed by atoms with van der Waals surface area (Å²) in [6, 6.07) is 0. The molecule has 1 atom stereocenters. The smallest absolute Gasteiger partial charge is 0.473 e. The van der Waals surface area contributed by atoms with Crippen molar-refractivity contribution < 1.29 is 18.4 Å². The Morgan fingerprint density at radius 2 is 1.41 bits per heavy atom. The second-order valence-corrected chi connectivity index (χ2v) is 10.6. The van der Waals surface area contributed by atoms with E-state index in [4.69, 9.17) is 8.85 Å². The predicted octanol–water partition coefficient (Wildman–Crippen LogP) is 4.66. The summed E-state index contributed by atoms with van der Waals surface area (Å²) < 4.78 is 11.7. The molecule has 0 rings (SSSR count). The summed E-state index contributed by atoms with van der Waals surface area (Å²) in [5, 5.41) is -0.418. The molecular weight excluding hydrogens is 296 g/mol. The Balaban J connectivity index is 6.04. The van der Waals surface area contributed by atoms with Crippen LogP contribution < -0.4 is 0 Å². The fraction of sp³-hybridized carbons (Fsp3) is 0.647. The molecule has 0 heterocycles. The fourth-order valence-electron chi connectivity index (χ4n) is 2.13. The molecule has 0 aliphatic heterocycles. The van der Waals surface area contributed by atoms with Gasteiger partial charge in [0.25, 0.3) is 0 Å². The number of carbonyl (C=O) groups is 2.